The molecular formula is C38H45Cl2NO22. The van der Waals surface area contributed by atoms with Crippen molar-refractivity contribution < 1.29 is 110 Å². The van der Waals surface area contributed by atoms with Crippen LogP contribution in [-0.4, -0.2) is 169 Å². The smallest absolute Gasteiger partial charge is 0.414 e. The van der Waals surface area contributed by atoms with E-state index in [1.807, 2.05) is 0 Å². The van der Waals surface area contributed by atoms with E-state index in [9.17, 15) is 49.5 Å². The Morgan fingerprint density at radius 3 is 1.24 bits per heavy atom. The molecule has 0 bridgehead atoms. The highest BCUT2D eigenvalue weighted by Gasteiger charge is 2.40. The molecule has 0 aliphatic heterocycles. The van der Waals surface area contributed by atoms with Crippen LogP contribution in [0.25, 0.3) is 21.5 Å². The molecule has 0 saturated carbocycles. The fourth-order valence-electron chi connectivity index (χ4n) is 5.29. The van der Waals surface area contributed by atoms with Gasteiger partial charge in [0.25, 0.3) is 0 Å². The first-order chi connectivity index (χ1) is 28.3. The zero-order chi connectivity index (χ0) is 46.9. The van der Waals surface area contributed by atoms with Gasteiger partial charge in [-0.15, -0.1) is 24.8 Å². The third-order valence-electron chi connectivity index (χ3n) is 8.27. The Bertz CT molecular complexity index is 2110. The largest absolute Gasteiger partial charge is 0.507 e. The molecule has 0 radical (unpaired) electrons. The molecule has 23 nitrogen and oxygen atoms in total. The van der Waals surface area contributed by atoms with Gasteiger partial charge >= 0.3 is 41.8 Å². The number of phenols is 2. The van der Waals surface area contributed by atoms with Gasteiger partial charge in [0.05, 0.1) is 25.6 Å². The minimum Gasteiger partial charge on any atom is -0.507 e. The topological polar surface area (TPSA) is 435 Å². The molecule has 4 rings (SSSR count). The van der Waals surface area contributed by atoms with Crippen molar-refractivity contribution >= 4 is 88.1 Å². The maximum atomic E-state index is 11.6. The lowest BCUT2D eigenvalue weighted by Gasteiger charge is -2.25. The summed E-state index contributed by atoms with van der Waals surface area (Å²) >= 11 is 0. The molecule has 0 unspecified atom stereocenters. The molecule has 0 aliphatic rings. The number of aliphatic hydroxyl groups is 6. The van der Waals surface area contributed by atoms with Crippen LogP contribution in [0.4, 0.5) is 0 Å². The zero-order valence-corrected chi connectivity index (χ0v) is 34.1. The molecule has 4 atom stereocenters. The van der Waals surface area contributed by atoms with Crippen molar-refractivity contribution in [3.05, 3.63) is 82.9 Å². The Kier molecular flexibility index (Phi) is 25.0. The average Bonchev–Trinajstić information content (AvgIpc) is 3.18. The summed E-state index contributed by atoms with van der Waals surface area (Å²) in [5.41, 5.74) is -2.63. The Morgan fingerprint density at radius 1 is 0.603 bits per heavy atom. The summed E-state index contributed by atoms with van der Waals surface area (Å²) in [6.45, 7) is -0.569. The summed E-state index contributed by atoms with van der Waals surface area (Å²) in [6, 6.07) is 16.8. The van der Waals surface area contributed by atoms with Crippen LogP contribution in [0.15, 0.2) is 60.7 Å². The number of carboxylic acid groups (broad SMARTS) is 7. The van der Waals surface area contributed by atoms with E-state index in [0.717, 1.165) is 0 Å². The van der Waals surface area contributed by atoms with Gasteiger partial charge in [-0.3, -0.25) is 9.59 Å². The van der Waals surface area contributed by atoms with E-state index < -0.39 is 103 Å². The van der Waals surface area contributed by atoms with Crippen molar-refractivity contribution in [2.75, 3.05) is 20.2 Å². The van der Waals surface area contributed by atoms with E-state index >= 15 is 0 Å². The second-order valence-electron chi connectivity index (χ2n) is 12.7. The summed E-state index contributed by atoms with van der Waals surface area (Å²) in [7, 11) is 1.57. The second kappa shape index (κ2) is 26.8. The van der Waals surface area contributed by atoms with Crippen LogP contribution < -0.4 is 5.32 Å². The first kappa shape index (κ1) is 58.7. The van der Waals surface area contributed by atoms with Crippen molar-refractivity contribution in [3.63, 3.8) is 0 Å². The van der Waals surface area contributed by atoms with Gasteiger partial charge in [-0.1, -0.05) is 48.5 Å². The lowest BCUT2D eigenvalue weighted by Crippen LogP contribution is -2.48. The molecular weight excluding hydrogens is 893 g/mol. The molecule has 0 fully saturated rings. The molecule has 4 aromatic rings. The van der Waals surface area contributed by atoms with Crippen molar-refractivity contribution in [1.82, 2.24) is 5.32 Å². The third-order valence-corrected chi connectivity index (χ3v) is 8.27. The van der Waals surface area contributed by atoms with Crippen LogP contribution in [0.5, 0.6) is 11.5 Å². The number of rotatable bonds is 15. The SMILES string of the molecule is CNC[C@H](O)[C@@H](O)[C@H](O)[C@H](O)CO.Cl.Cl.O=C(O)C(=O)O.O=C(O)CC(O)(CC(=O)O)C(=O)O.O=C(O)c1cc2ccccc2c(Cc2c(O)c(C(=O)O)cc3ccccc23)c1O. The van der Waals surface area contributed by atoms with Crippen molar-refractivity contribution in [1.29, 1.82) is 0 Å². The minimum atomic E-state index is -2.74. The minimum absolute atomic E-state index is 0. The highest BCUT2D eigenvalue weighted by Crippen LogP contribution is 2.38. The molecule has 348 valence electrons. The van der Waals surface area contributed by atoms with Gasteiger partial charge in [0.2, 0.25) is 0 Å². The molecule has 63 heavy (non-hydrogen) atoms. The van der Waals surface area contributed by atoms with E-state index in [1.165, 1.54) is 12.1 Å². The van der Waals surface area contributed by atoms with E-state index in [0.29, 0.717) is 32.7 Å². The predicted octanol–water partition coefficient (Wildman–Crippen LogP) is -0.216. The molecule has 16 N–H and O–H groups in total. The molecule has 4 aromatic carbocycles. The van der Waals surface area contributed by atoms with Crippen LogP contribution in [0.1, 0.15) is 44.7 Å². The number of likely N-dealkylation sites (N-methyl/N-ethyl adjacent to an activating group) is 1. The molecule has 0 amide bonds. The summed E-state index contributed by atoms with van der Waals surface area (Å²) in [5, 5.41) is 139. The van der Waals surface area contributed by atoms with E-state index in [4.69, 9.17) is 60.7 Å². The highest BCUT2D eigenvalue weighted by atomic mass is 35.5. The van der Waals surface area contributed by atoms with Gasteiger partial charge in [-0.25, -0.2) is 24.0 Å². The first-order valence-electron chi connectivity index (χ1n) is 17.1. The highest BCUT2D eigenvalue weighted by molar-refractivity contribution is 6.27. The third kappa shape index (κ3) is 17.1. The van der Waals surface area contributed by atoms with Crippen molar-refractivity contribution in [2.24, 2.45) is 0 Å². The molecule has 25 heteroatoms. The van der Waals surface area contributed by atoms with Crippen LogP contribution in [0.2, 0.25) is 0 Å². The van der Waals surface area contributed by atoms with Gasteiger partial charge in [0.15, 0.2) is 5.60 Å². The molecule has 0 heterocycles. The standard InChI is InChI=1S/C23H16O6.C7H17NO5.C6H8O7.C2H2O4.2ClH/c24-20-16(14-7-3-1-5-12(14)9-18(20)22(26)27)11-17-15-8-4-2-6-13(15)10-19(21(17)25)23(28)29;1-8-2-4(10)6(12)7(13)5(11)3-9;7-3(8)1-6(13,5(11)12)2-4(9)10;3-1(4)2(5)6;;/h1-10,24-25H,11H2,(H,26,27)(H,28,29);4-13H,2-3H2,1H3;13H,1-2H2,(H,7,8)(H,9,10)(H,11,12);(H,3,4)(H,5,6);2*1H/t;4-,5+,6+,7+;;;;/m.0..../s1. The maximum Gasteiger partial charge on any atom is 0.414 e. The Morgan fingerprint density at radius 2 is 0.952 bits per heavy atom. The Labute approximate surface area is 366 Å². The van der Waals surface area contributed by atoms with E-state index in [2.05, 4.69) is 5.32 Å². The van der Waals surface area contributed by atoms with Gasteiger partial charge < -0.3 is 81.9 Å². The fraction of sp³-hybridized carbons (Fsp3) is 0.289. The number of aromatic carboxylic acids is 2. The van der Waals surface area contributed by atoms with Crippen LogP contribution in [0.3, 0.4) is 0 Å². The molecule has 0 aromatic heterocycles. The second-order valence-corrected chi connectivity index (χ2v) is 12.7. The van der Waals surface area contributed by atoms with E-state index in [-0.39, 0.29) is 48.9 Å². The lowest BCUT2D eigenvalue weighted by atomic mass is 9.90. The van der Waals surface area contributed by atoms with Gasteiger partial charge in [-0.05, 0) is 40.7 Å². The number of nitrogens with one attached hydrogen (secondary N) is 1. The fourth-order valence-corrected chi connectivity index (χ4v) is 5.29. The predicted molar refractivity (Wildman–Crippen MR) is 220 cm³/mol. The normalized spacial score (nSPS) is 12.3. The number of hydrogen-bond donors (Lipinski definition) is 16. The summed E-state index contributed by atoms with van der Waals surface area (Å²) in [5.74, 6) is -12.0. The molecule has 0 spiro atoms. The number of aliphatic hydroxyl groups excluding tert-OH is 5. The van der Waals surface area contributed by atoms with Crippen LogP contribution >= 0.6 is 24.8 Å². The Balaban J connectivity index is 0. The summed E-state index contributed by atoms with van der Waals surface area (Å²) in [4.78, 5) is 71.9. The maximum absolute atomic E-state index is 11.6. The summed E-state index contributed by atoms with van der Waals surface area (Å²) < 4.78 is 0. The number of carboxylic acids is 7. The quantitative estimate of drug-likeness (QED) is 0.0685. The van der Waals surface area contributed by atoms with Crippen molar-refractivity contribution in [2.45, 2.75) is 49.3 Å². The van der Waals surface area contributed by atoms with Crippen molar-refractivity contribution in [3.8, 4) is 11.5 Å². The first-order valence-corrected chi connectivity index (χ1v) is 17.1. The molecule has 0 saturated heterocycles. The summed E-state index contributed by atoms with van der Waals surface area (Å²) in [6.07, 6.45) is -7.98. The molecule has 0 aliphatic carbocycles. The number of aromatic hydroxyl groups is 2. The lowest BCUT2D eigenvalue weighted by molar-refractivity contribution is -0.170. The van der Waals surface area contributed by atoms with Gasteiger partial charge in [0, 0.05) is 24.1 Å². The number of hydrogen-bond acceptors (Lipinski definition) is 16. The van der Waals surface area contributed by atoms with Gasteiger partial charge in [0.1, 0.15) is 40.9 Å². The monoisotopic (exact) mass is 937 g/mol. The Hall–Kier alpha value is -6.41. The average molecular weight is 939 g/mol. The number of halogens is 2. The van der Waals surface area contributed by atoms with E-state index in [1.54, 1.807) is 55.6 Å². The number of carbonyl (C=O) groups is 7. The number of fused-ring (bicyclic) bond motifs is 2. The zero-order valence-electron chi connectivity index (χ0n) is 32.5. The number of aliphatic carboxylic acids is 5. The number of benzene rings is 4. The van der Waals surface area contributed by atoms with Gasteiger partial charge in [-0.2, -0.15) is 0 Å². The van der Waals surface area contributed by atoms with Crippen LogP contribution in [0, 0.1) is 0 Å². The van der Waals surface area contributed by atoms with Crippen LogP contribution in [-0.2, 0) is 30.4 Å².